The number of hydrogen-bond donors (Lipinski definition) is 1. The zero-order valence-corrected chi connectivity index (χ0v) is 7.87. The molecule has 0 unspecified atom stereocenters. The fraction of sp³-hybridized carbons (Fsp3) is 0.714. The fourth-order valence-electron chi connectivity index (χ4n) is 0.662. The highest BCUT2D eigenvalue weighted by Gasteiger charge is 2.24. The lowest BCUT2D eigenvalue weighted by molar-refractivity contribution is -0.140. The number of nitrogens with two attached hydrogens (primary N) is 1. The van der Waals surface area contributed by atoms with Crippen molar-refractivity contribution in [2.75, 3.05) is 28.2 Å². The van der Waals surface area contributed by atoms with Crippen molar-refractivity contribution in [2.45, 2.75) is 6.04 Å². The Kier molecular flexibility index (Phi) is 3.69. The molecule has 2 amide bonds. The van der Waals surface area contributed by atoms with E-state index >= 15 is 0 Å². The Morgan fingerprint density at radius 2 is 1.25 bits per heavy atom. The van der Waals surface area contributed by atoms with Gasteiger partial charge in [0.05, 0.1) is 0 Å². The van der Waals surface area contributed by atoms with E-state index in [9.17, 15) is 9.59 Å². The second-order valence-corrected chi connectivity index (χ2v) is 2.94. The van der Waals surface area contributed by atoms with E-state index < -0.39 is 6.04 Å². The summed E-state index contributed by atoms with van der Waals surface area (Å²) >= 11 is 0. The molecule has 12 heavy (non-hydrogen) atoms. The first-order valence-corrected chi connectivity index (χ1v) is 3.55. The van der Waals surface area contributed by atoms with Crippen LogP contribution in [0.25, 0.3) is 0 Å². The summed E-state index contributed by atoms with van der Waals surface area (Å²) in [7, 11) is 6.24. The molecule has 5 heteroatoms. The molecular weight excluding hydrogens is 158 g/mol. The highest BCUT2D eigenvalue weighted by molar-refractivity contribution is 6.03. The van der Waals surface area contributed by atoms with E-state index in [4.69, 9.17) is 5.73 Å². The Bertz CT molecular complexity index is 169. The Morgan fingerprint density at radius 3 is 1.42 bits per heavy atom. The predicted octanol–water partition coefficient (Wildman–Crippen LogP) is -1.51. The molecular formula is C7H15N3O2. The summed E-state index contributed by atoms with van der Waals surface area (Å²) < 4.78 is 0. The second kappa shape index (κ2) is 4.06. The molecule has 0 atom stereocenters. The summed E-state index contributed by atoms with van der Waals surface area (Å²) in [6.45, 7) is 0. The van der Waals surface area contributed by atoms with Gasteiger partial charge in [-0.3, -0.25) is 9.59 Å². The summed E-state index contributed by atoms with van der Waals surface area (Å²) in [4.78, 5) is 24.9. The maximum absolute atomic E-state index is 11.1. The van der Waals surface area contributed by atoms with Crippen molar-refractivity contribution in [1.29, 1.82) is 0 Å². The molecule has 0 heterocycles. The molecule has 0 aliphatic rings. The van der Waals surface area contributed by atoms with Gasteiger partial charge in [-0.05, 0) is 0 Å². The normalized spacial score (nSPS) is 9.83. The van der Waals surface area contributed by atoms with Crippen molar-refractivity contribution in [2.24, 2.45) is 5.73 Å². The SMILES string of the molecule is CN(C)C(=O)C(N)C(=O)N(C)C. The molecule has 70 valence electrons. The summed E-state index contributed by atoms with van der Waals surface area (Å²) in [5.41, 5.74) is 5.38. The number of hydrogen-bond acceptors (Lipinski definition) is 3. The first kappa shape index (κ1) is 10.9. The number of likely N-dealkylation sites (N-methyl/N-ethyl adjacent to an activating group) is 2. The van der Waals surface area contributed by atoms with Gasteiger partial charge in [0.2, 0.25) is 11.8 Å². The molecule has 0 rings (SSSR count). The average Bonchev–Trinajstić information content (AvgIpc) is 2.00. The molecule has 0 aromatic carbocycles. The van der Waals surface area contributed by atoms with Crippen molar-refractivity contribution in [1.82, 2.24) is 9.80 Å². The summed E-state index contributed by atoms with van der Waals surface area (Å²) in [6.07, 6.45) is 0. The molecule has 0 fully saturated rings. The number of nitrogens with zero attached hydrogens (tertiary/aromatic N) is 2. The minimum atomic E-state index is -1.07. The van der Waals surface area contributed by atoms with Crippen molar-refractivity contribution in [3.05, 3.63) is 0 Å². The number of carbonyl (C=O) groups is 2. The topological polar surface area (TPSA) is 66.6 Å². The largest absolute Gasteiger partial charge is 0.347 e. The summed E-state index contributed by atoms with van der Waals surface area (Å²) in [5, 5.41) is 0. The zero-order valence-electron chi connectivity index (χ0n) is 7.87. The lowest BCUT2D eigenvalue weighted by Crippen LogP contribution is -2.50. The summed E-state index contributed by atoms with van der Waals surface area (Å²) in [5.74, 6) is -0.762. The van der Waals surface area contributed by atoms with Gasteiger partial charge in [-0.15, -0.1) is 0 Å². The van der Waals surface area contributed by atoms with Crippen LogP contribution in [0.2, 0.25) is 0 Å². The van der Waals surface area contributed by atoms with E-state index in [2.05, 4.69) is 0 Å². The standard InChI is InChI=1S/C7H15N3O2/c1-9(2)6(11)5(8)7(12)10(3)4/h5H,8H2,1-4H3. The first-order chi connectivity index (χ1) is 5.37. The monoisotopic (exact) mass is 173 g/mol. The molecule has 0 aromatic heterocycles. The van der Waals surface area contributed by atoms with Crippen LogP contribution in [0.5, 0.6) is 0 Å². The van der Waals surface area contributed by atoms with Crippen LogP contribution < -0.4 is 5.73 Å². The van der Waals surface area contributed by atoms with Gasteiger partial charge >= 0.3 is 0 Å². The van der Waals surface area contributed by atoms with Crippen molar-refractivity contribution in [3.63, 3.8) is 0 Å². The van der Waals surface area contributed by atoms with Gasteiger partial charge in [-0.1, -0.05) is 0 Å². The quantitative estimate of drug-likeness (QED) is 0.516. The van der Waals surface area contributed by atoms with E-state index in [0.29, 0.717) is 0 Å². The van der Waals surface area contributed by atoms with Gasteiger partial charge in [0.1, 0.15) is 0 Å². The summed E-state index contributed by atoms with van der Waals surface area (Å²) in [6, 6.07) is -1.07. The van der Waals surface area contributed by atoms with Crippen molar-refractivity contribution in [3.8, 4) is 0 Å². The van der Waals surface area contributed by atoms with Crippen molar-refractivity contribution >= 4 is 11.8 Å². The van der Waals surface area contributed by atoms with Gasteiger partial charge in [0.15, 0.2) is 6.04 Å². The van der Waals surface area contributed by atoms with Gasteiger partial charge in [0, 0.05) is 28.2 Å². The molecule has 0 saturated carbocycles. The van der Waals surface area contributed by atoms with Crippen LogP contribution in [-0.2, 0) is 9.59 Å². The van der Waals surface area contributed by atoms with Gasteiger partial charge in [0.25, 0.3) is 0 Å². The second-order valence-electron chi connectivity index (χ2n) is 2.94. The van der Waals surface area contributed by atoms with Crippen LogP contribution in [0.4, 0.5) is 0 Å². The highest BCUT2D eigenvalue weighted by atomic mass is 16.2. The molecule has 0 saturated heterocycles. The van der Waals surface area contributed by atoms with Crippen LogP contribution >= 0.6 is 0 Å². The van der Waals surface area contributed by atoms with E-state index in [1.807, 2.05) is 0 Å². The number of amides is 2. The van der Waals surface area contributed by atoms with Gasteiger partial charge < -0.3 is 15.5 Å². The van der Waals surface area contributed by atoms with Gasteiger partial charge in [-0.25, -0.2) is 0 Å². The molecule has 0 aliphatic heterocycles. The van der Waals surface area contributed by atoms with Crippen LogP contribution in [0.15, 0.2) is 0 Å². The van der Waals surface area contributed by atoms with Crippen LogP contribution in [0, 0.1) is 0 Å². The molecule has 5 nitrogen and oxygen atoms in total. The Balaban J connectivity index is 4.30. The molecule has 2 N–H and O–H groups in total. The van der Waals surface area contributed by atoms with Gasteiger partial charge in [-0.2, -0.15) is 0 Å². The maximum Gasteiger partial charge on any atom is 0.248 e. The van der Waals surface area contributed by atoms with Crippen LogP contribution in [-0.4, -0.2) is 55.8 Å². The smallest absolute Gasteiger partial charge is 0.248 e. The molecule has 0 aromatic rings. The van der Waals surface area contributed by atoms with E-state index in [1.54, 1.807) is 28.2 Å². The minimum absolute atomic E-state index is 0.381. The zero-order chi connectivity index (χ0) is 9.89. The Labute approximate surface area is 72.1 Å². The molecule has 0 aliphatic carbocycles. The predicted molar refractivity (Wildman–Crippen MR) is 45.4 cm³/mol. The van der Waals surface area contributed by atoms with E-state index in [0.717, 1.165) is 0 Å². The lowest BCUT2D eigenvalue weighted by Gasteiger charge is -2.19. The third-order valence-electron chi connectivity index (χ3n) is 1.41. The third kappa shape index (κ3) is 2.50. The fourth-order valence-corrected chi connectivity index (χ4v) is 0.662. The third-order valence-corrected chi connectivity index (χ3v) is 1.41. The van der Waals surface area contributed by atoms with E-state index in [1.165, 1.54) is 9.80 Å². The molecule has 0 spiro atoms. The van der Waals surface area contributed by atoms with Crippen LogP contribution in [0.3, 0.4) is 0 Å². The lowest BCUT2D eigenvalue weighted by atomic mass is 10.2. The van der Waals surface area contributed by atoms with E-state index in [-0.39, 0.29) is 11.8 Å². The Morgan fingerprint density at radius 1 is 1.00 bits per heavy atom. The number of carbonyl (C=O) groups excluding carboxylic acids is 2. The average molecular weight is 173 g/mol. The minimum Gasteiger partial charge on any atom is -0.347 e. The first-order valence-electron chi connectivity index (χ1n) is 3.55. The maximum atomic E-state index is 11.1. The molecule has 0 bridgehead atoms. The Hall–Kier alpha value is -1.10. The number of rotatable bonds is 2. The molecule has 0 radical (unpaired) electrons. The van der Waals surface area contributed by atoms with Crippen LogP contribution in [0.1, 0.15) is 0 Å². The van der Waals surface area contributed by atoms with Crippen molar-refractivity contribution < 1.29 is 9.59 Å². The highest BCUT2D eigenvalue weighted by Crippen LogP contribution is 1.90.